The van der Waals surface area contributed by atoms with Gasteiger partial charge in [-0.15, -0.1) is 0 Å². The number of halogens is 1. The van der Waals surface area contributed by atoms with Crippen LogP contribution in [0.1, 0.15) is 43.5 Å². The molecule has 0 saturated heterocycles. The Morgan fingerprint density at radius 3 is 2.19 bits per heavy atom. The number of rotatable bonds is 7. The summed E-state index contributed by atoms with van der Waals surface area (Å²) in [5, 5.41) is 3.70. The first-order valence-electron chi connectivity index (χ1n) is 8.78. The molecule has 0 fully saturated rings. The smallest absolute Gasteiger partial charge is 0.261 e. The Morgan fingerprint density at radius 1 is 1.08 bits per heavy atom. The number of benzene rings is 2. The Labute approximate surface area is 160 Å². The number of ether oxygens (including phenoxy) is 2. The largest absolute Gasteiger partial charge is 0.494 e. The summed E-state index contributed by atoms with van der Waals surface area (Å²) in [6, 6.07) is 11.3. The van der Waals surface area contributed by atoms with E-state index in [2.05, 4.69) is 5.32 Å². The van der Waals surface area contributed by atoms with Gasteiger partial charge in [0.15, 0.2) is 6.10 Å². The van der Waals surface area contributed by atoms with E-state index in [-0.39, 0.29) is 11.9 Å². The van der Waals surface area contributed by atoms with E-state index in [0.717, 1.165) is 27.5 Å². The molecule has 5 heteroatoms. The number of hydrogen-bond acceptors (Lipinski definition) is 3. The zero-order chi connectivity index (χ0) is 19.3. The molecule has 0 aliphatic rings. The van der Waals surface area contributed by atoms with Crippen LogP contribution in [0, 0.1) is 13.8 Å². The summed E-state index contributed by atoms with van der Waals surface area (Å²) in [5.74, 6) is 1.29. The molecule has 1 amide bonds. The Balaban J connectivity index is 1.97. The van der Waals surface area contributed by atoms with E-state index < -0.39 is 6.10 Å². The van der Waals surface area contributed by atoms with Gasteiger partial charge in [0.05, 0.1) is 12.6 Å². The maximum atomic E-state index is 12.5. The molecule has 2 rings (SSSR count). The topological polar surface area (TPSA) is 47.6 Å². The van der Waals surface area contributed by atoms with Crippen molar-refractivity contribution in [3.05, 3.63) is 58.1 Å². The molecule has 2 aromatic carbocycles. The van der Waals surface area contributed by atoms with Crippen molar-refractivity contribution in [3.8, 4) is 11.5 Å². The molecule has 0 aliphatic carbocycles. The Hall–Kier alpha value is -2.20. The summed E-state index contributed by atoms with van der Waals surface area (Å²) in [4.78, 5) is 12.5. The van der Waals surface area contributed by atoms with Gasteiger partial charge in [0, 0.05) is 5.02 Å². The van der Waals surface area contributed by atoms with Gasteiger partial charge in [-0.05, 0) is 75.6 Å². The van der Waals surface area contributed by atoms with Crippen LogP contribution in [0.15, 0.2) is 36.4 Å². The number of amides is 1. The molecular formula is C21H26ClNO3. The number of carbonyl (C=O) groups excluding carboxylic acids is 1. The second-order valence-corrected chi connectivity index (χ2v) is 6.74. The summed E-state index contributed by atoms with van der Waals surface area (Å²) in [5.41, 5.74) is 2.86. The minimum Gasteiger partial charge on any atom is -0.494 e. The lowest BCUT2D eigenvalue weighted by atomic mass is 10.1. The van der Waals surface area contributed by atoms with E-state index in [1.54, 1.807) is 6.92 Å². The normalized spacial score (nSPS) is 13.0. The van der Waals surface area contributed by atoms with Crippen LogP contribution in [0.5, 0.6) is 11.5 Å². The number of carbonyl (C=O) groups is 1. The van der Waals surface area contributed by atoms with Crippen LogP contribution in [-0.4, -0.2) is 18.6 Å². The summed E-state index contributed by atoms with van der Waals surface area (Å²) < 4.78 is 11.2. The van der Waals surface area contributed by atoms with Crippen molar-refractivity contribution in [2.75, 3.05) is 6.61 Å². The molecule has 1 N–H and O–H groups in total. The predicted octanol–water partition coefficient (Wildman–Crippen LogP) is 5.00. The molecule has 0 spiro atoms. The maximum Gasteiger partial charge on any atom is 0.261 e. The molecule has 2 aromatic rings. The minimum absolute atomic E-state index is 0.127. The third-order valence-electron chi connectivity index (χ3n) is 4.14. The average molecular weight is 376 g/mol. The van der Waals surface area contributed by atoms with E-state index in [0.29, 0.717) is 12.4 Å². The van der Waals surface area contributed by atoms with Gasteiger partial charge in [0.1, 0.15) is 11.5 Å². The first kappa shape index (κ1) is 20.1. The summed E-state index contributed by atoms with van der Waals surface area (Å²) in [6.07, 6.45) is -0.611. The third kappa shape index (κ3) is 5.15. The van der Waals surface area contributed by atoms with Crippen LogP contribution in [0.3, 0.4) is 0 Å². The fourth-order valence-corrected chi connectivity index (χ4v) is 2.77. The highest BCUT2D eigenvalue weighted by molar-refractivity contribution is 6.32. The SMILES string of the molecule is CCOc1ccc([C@@H](C)NC(=O)[C@H](C)Oc2cc(C)c(Cl)c(C)c2)cc1. The van der Waals surface area contributed by atoms with E-state index in [9.17, 15) is 4.79 Å². The molecule has 26 heavy (non-hydrogen) atoms. The molecule has 140 valence electrons. The molecule has 0 aliphatic heterocycles. The van der Waals surface area contributed by atoms with Crippen LogP contribution in [0.2, 0.25) is 5.02 Å². The molecule has 0 heterocycles. The van der Waals surface area contributed by atoms with Crippen LogP contribution in [0.25, 0.3) is 0 Å². The van der Waals surface area contributed by atoms with Gasteiger partial charge in [-0.25, -0.2) is 0 Å². The van der Waals surface area contributed by atoms with Gasteiger partial charge in [-0.3, -0.25) is 4.79 Å². The zero-order valence-electron chi connectivity index (χ0n) is 15.9. The lowest BCUT2D eigenvalue weighted by Crippen LogP contribution is -2.37. The molecule has 0 unspecified atom stereocenters. The average Bonchev–Trinajstić information content (AvgIpc) is 2.60. The number of nitrogens with one attached hydrogen (secondary N) is 1. The number of aryl methyl sites for hydroxylation is 2. The highest BCUT2D eigenvalue weighted by Gasteiger charge is 2.18. The van der Waals surface area contributed by atoms with Gasteiger partial charge in [0.2, 0.25) is 0 Å². The fraction of sp³-hybridized carbons (Fsp3) is 0.381. The van der Waals surface area contributed by atoms with E-state index in [1.165, 1.54) is 0 Å². The van der Waals surface area contributed by atoms with Crippen molar-refractivity contribution in [2.45, 2.75) is 46.8 Å². The van der Waals surface area contributed by atoms with Crippen molar-refractivity contribution in [3.63, 3.8) is 0 Å². The molecule has 2 atom stereocenters. The van der Waals surface area contributed by atoms with E-state index in [4.69, 9.17) is 21.1 Å². The molecule has 0 saturated carbocycles. The van der Waals surface area contributed by atoms with Gasteiger partial charge in [-0.2, -0.15) is 0 Å². The first-order chi connectivity index (χ1) is 12.3. The third-order valence-corrected chi connectivity index (χ3v) is 4.74. The van der Waals surface area contributed by atoms with Crippen LogP contribution in [-0.2, 0) is 4.79 Å². The maximum absolute atomic E-state index is 12.5. The second-order valence-electron chi connectivity index (χ2n) is 6.36. The Morgan fingerprint density at radius 2 is 1.65 bits per heavy atom. The van der Waals surface area contributed by atoms with Crippen molar-refractivity contribution in [2.24, 2.45) is 0 Å². The van der Waals surface area contributed by atoms with E-state index in [1.807, 2.05) is 64.1 Å². The van der Waals surface area contributed by atoms with Gasteiger partial charge >= 0.3 is 0 Å². The monoisotopic (exact) mass is 375 g/mol. The van der Waals surface area contributed by atoms with Crippen molar-refractivity contribution in [1.82, 2.24) is 5.32 Å². The fourth-order valence-electron chi connectivity index (χ4n) is 2.67. The molecular weight excluding hydrogens is 350 g/mol. The quantitative estimate of drug-likeness (QED) is 0.740. The first-order valence-corrected chi connectivity index (χ1v) is 9.16. The zero-order valence-corrected chi connectivity index (χ0v) is 16.7. The molecule has 0 radical (unpaired) electrons. The van der Waals surface area contributed by atoms with Crippen LogP contribution in [0.4, 0.5) is 0 Å². The van der Waals surface area contributed by atoms with E-state index >= 15 is 0 Å². The Kier molecular flexibility index (Phi) is 6.92. The van der Waals surface area contributed by atoms with Gasteiger partial charge in [-0.1, -0.05) is 23.7 Å². The highest BCUT2D eigenvalue weighted by Crippen LogP contribution is 2.26. The van der Waals surface area contributed by atoms with Gasteiger partial charge in [0.25, 0.3) is 5.91 Å². The Bertz CT molecular complexity index is 735. The second kappa shape index (κ2) is 8.95. The molecule has 0 aromatic heterocycles. The lowest BCUT2D eigenvalue weighted by molar-refractivity contribution is -0.127. The lowest BCUT2D eigenvalue weighted by Gasteiger charge is -2.20. The summed E-state index contributed by atoms with van der Waals surface area (Å²) >= 11 is 6.17. The van der Waals surface area contributed by atoms with Crippen LogP contribution < -0.4 is 14.8 Å². The van der Waals surface area contributed by atoms with Crippen molar-refractivity contribution in [1.29, 1.82) is 0 Å². The standard InChI is InChI=1S/C21H26ClNO3/c1-6-25-18-9-7-17(8-10-18)15(4)23-21(24)16(5)26-19-11-13(2)20(22)14(3)12-19/h7-12,15-16H,6H2,1-5H3,(H,23,24)/t15-,16+/m1/s1. The summed E-state index contributed by atoms with van der Waals surface area (Å²) in [7, 11) is 0. The molecule has 4 nitrogen and oxygen atoms in total. The molecule has 0 bridgehead atoms. The van der Waals surface area contributed by atoms with Crippen molar-refractivity contribution >= 4 is 17.5 Å². The van der Waals surface area contributed by atoms with Gasteiger partial charge < -0.3 is 14.8 Å². The van der Waals surface area contributed by atoms with Crippen molar-refractivity contribution < 1.29 is 14.3 Å². The number of hydrogen-bond donors (Lipinski definition) is 1. The predicted molar refractivity (Wildman–Crippen MR) is 105 cm³/mol. The highest BCUT2D eigenvalue weighted by atomic mass is 35.5. The summed E-state index contributed by atoms with van der Waals surface area (Å²) in [6.45, 7) is 10.1. The van der Waals surface area contributed by atoms with Crippen LogP contribution >= 0.6 is 11.6 Å². The minimum atomic E-state index is -0.611.